The largest absolute Gasteiger partial charge is 0.478 e. The van der Waals surface area contributed by atoms with Gasteiger partial charge in [-0.1, -0.05) is 6.92 Å². The number of hydrogen-bond donors (Lipinski definition) is 2. The topological polar surface area (TPSA) is 61.7 Å². The Hall–Kier alpha value is -2.02. The zero-order valence-corrected chi connectivity index (χ0v) is 11.9. The van der Waals surface area contributed by atoms with Gasteiger partial charge in [-0.25, -0.2) is 4.79 Å². The maximum absolute atomic E-state index is 13.7. The minimum atomic E-state index is -6.46. The Morgan fingerprint density at radius 2 is 1.56 bits per heavy atom. The number of rotatable bonds is 4. The van der Waals surface area contributed by atoms with E-state index in [0.717, 1.165) is 0 Å². The van der Waals surface area contributed by atoms with E-state index < -0.39 is 53.5 Å². The molecule has 25 heavy (non-hydrogen) atoms. The van der Waals surface area contributed by atoms with Gasteiger partial charge in [0.25, 0.3) is 0 Å². The van der Waals surface area contributed by atoms with Crippen molar-refractivity contribution in [1.82, 2.24) is 5.32 Å². The van der Waals surface area contributed by atoms with E-state index in [1.165, 1.54) is 0 Å². The number of carboxylic acids is 1. The van der Waals surface area contributed by atoms with Crippen molar-refractivity contribution in [2.75, 3.05) is 0 Å². The second-order valence-electron chi connectivity index (χ2n) is 4.84. The van der Waals surface area contributed by atoms with Crippen LogP contribution >= 0.6 is 0 Å². The van der Waals surface area contributed by atoms with E-state index in [0.29, 0.717) is 12.2 Å². The van der Waals surface area contributed by atoms with Gasteiger partial charge in [-0.05, 0) is 6.42 Å². The van der Waals surface area contributed by atoms with Gasteiger partial charge in [-0.2, -0.15) is 43.9 Å². The number of nitrogens with zero attached hydrogens (tertiary/aromatic N) is 1. The highest BCUT2D eigenvalue weighted by Gasteiger charge is 2.73. The molecule has 0 amide bonds. The van der Waals surface area contributed by atoms with E-state index in [-0.39, 0.29) is 6.21 Å². The molecular weight excluding hydrogens is 382 g/mol. The van der Waals surface area contributed by atoms with Crippen LogP contribution in [0.1, 0.15) is 13.3 Å². The molecule has 0 spiro atoms. The van der Waals surface area contributed by atoms with Crippen LogP contribution in [0.3, 0.4) is 0 Å². The lowest BCUT2D eigenvalue weighted by atomic mass is 9.93. The summed E-state index contributed by atoms with van der Waals surface area (Å²) in [6.45, 7) is 0.610. The van der Waals surface area contributed by atoms with Gasteiger partial charge in [0.15, 0.2) is 0 Å². The number of halogens is 10. The average Bonchev–Trinajstić information content (AvgIpc) is 2.43. The Labute approximate surface area is 132 Å². The summed E-state index contributed by atoms with van der Waals surface area (Å²) in [5, 5.41) is 9.35. The molecule has 0 aromatic heterocycles. The van der Waals surface area contributed by atoms with Crippen molar-refractivity contribution >= 4 is 12.2 Å². The van der Waals surface area contributed by atoms with Crippen molar-refractivity contribution in [2.45, 2.75) is 43.2 Å². The summed E-state index contributed by atoms with van der Waals surface area (Å²) < 4.78 is 129. The zero-order chi connectivity index (χ0) is 20.1. The summed E-state index contributed by atoms with van der Waals surface area (Å²) in [4.78, 5) is 13.4. The van der Waals surface area contributed by atoms with Crippen LogP contribution in [0.5, 0.6) is 0 Å². The lowest BCUT2D eigenvalue weighted by Gasteiger charge is -2.42. The number of aliphatic imine (C=N–C) groups is 1. The van der Waals surface area contributed by atoms with E-state index in [2.05, 4.69) is 4.99 Å². The molecule has 1 aliphatic rings. The number of nitrogens with one attached hydrogen (secondary N) is 1. The maximum atomic E-state index is 13.7. The third kappa shape index (κ3) is 3.13. The maximum Gasteiger partial charge on any atom is 0.459 e. The first-order chi connectivity index (χ1) is 10.9. The second kappa shape index (κ2) is 5.76. The van der Waals surface area contributed by atoms with Gasteiger partial charge >= 0.3 is 30.2 Å². The highest BCUT2D eigenvalue weighted by atomic mass is 19.4. The third-order valence-corrected chi connectivity index (χ3v) is 3.30. The smallest absolute Gasteiger partial charge is 0.459 e. The SMILES string of the molecule is CCC1(C(F)(F)C(F)(F)F)N=CC(C(=O)O)=C(C(F)(F)C(F)(F)F)N1. The molecule has 1 rings (SSSR count). The van der Waals surface area contributed by atoms with Crippen molar-refractivity contribution in [3.05, 3.63) is 11.3 Å². The monoisotopic (exact) mass is 390 g/mol. The predicted molar refractivity (Wildman–Crippen MR) is 61.3 cm³/mol. The van der Waals surface area contributed by atoms with E-state index in [9.17, 15) is 48.7 Å². The van der Waals surface area contributed by atoms with E-state index in [1.807, 2.05) is 0 Å². The first-order valence-electron chi connectivity index (χ1n) is 6.15. The average molecular weight is 390 g/mol. The first kappa shape index (κ1) is 21.0. The van der Waals surface area contributed by atoms with Crippen LogP contribution in [0.15, 0.2) is 16.3 Å². The Morgan fingerprint density at radius 3 is 1.88 bits per heavy atom. The zero-order valence-electron chi connectivity index (χ0n) is 11.9. The summed E-state index contributed by atoms with van der Waals surface area (Å²) in [6, 6.07) is 0. The molecule has 0 aromatic carbocycles. The molecule has 1 aliphatic heterocycles. The molecule has 0 saturated heterocycles. The molecule has 1 heterocycles. The molecule has 0 radical (unpaired) electrons. The Bertz CT molecular complexity index is 619. The van der Waals surface area contributed by atoms with Gasteiger partial charge in [-0.3, -0.25) is 4.99 Å². The predicted octanol–water partition coefficient (Wildman–Crippen LogP) is 3.50. The molecule has 0 aromatic rings. The quantitative estimate of drug-likeness (QED) is 0.723. The molecule has 14 heteroatoms. The fourth-order valence-corrected chi connectivity index (χ4v) is 1.89. The van der Waals surface area contributed by atoms with Crippen LogP contribution in [-0.2, 0) is 4.79 Å². The normalized spacial score (nSPS) is 22.8. The number of aliphatic carboxylic acids is 1. The Morgan fingerprint density at radius 1 is 1.08 bits per heavy atom. The molecule has 1 unspecified atom stereocenters. The highest BCUT2D eigenvalue weighted by Crippen LogP contribution is 2.49. The standard InChI is InChI=1S/C11H8F10N2O2/c1-2-7(9(14,15)11(19,20)21)22-3-4(6(24)25)5(23-7)8(12,13)10(16,17)18/h3,23H,2H2,1H3,(H,24,25). The number of alkyl halides is 10. The van der Waals surface area contributed by atoms with Gasteiger partial charge in [-0.15, -0.1) is 0 Å². The van der Waals surface area contributed by atoms with E-state index in [4.69, 9.17) is 5.11 Å². The molecule has 0 bridgehead atoms. The van der Waals surface area contributed by atoms with Crippen molar-refractivity contribution in [3.8, 4) is 0 Å². The molecule has 2 N–H and O–H groups in total. The lowest BCUT2D eigenvalue weighted by molar-refractivity contribution is -0.313. The van der Waals surface area contributed by atoms with Crippen LogP contribution < -0.4 is 5.32 Å². The van der Waals surface area contributed by atoms with Gasteiger partial charge in [0.05, 0.1) is 0 Å². The van der Waals surface area contributed by atoms with Crippen molar-refractivity contribution in [3.63, 3.8) is 0 Å². The van der Waals surface area contributed by atoms with E-state index in [1.54, 1.807) is 0 Å². The molecule has 4 nitrogen and oxygen atoms in total. The van der Waals surface area contributed by atoms with Gasteiger partial charge in [0, 0.05) is 6.21 Å². The molecule has 0 saturated carbocycles. The highest BCUT2D eigenvalue weighted by molar-refractivity contribution is 6.10. The first-order valence-corrected chi connectivity index (χ1v) is 6.15. The van der Waals surface area contributed by atoms with E-state index >= 15 is 0 Å². The van der Waals surface area contributed by atoms with Crippen LogP contribution in [0.2, 0.25) is 0 Å². The molecule has 0 aliphatic carbocycles. The van der Waals surface area contributed by atoms with Crippen molar-refractivity contribution in [2.24, 2.45) is 4.99 Å². The Kier molecular flexibility index (Phi) is 4.84. The summed E-state index contributed by atoms with van der Waals surface area (Å²) >= 11 is 0. The third-order valence-electron chi connectivity index (χ3n) is 3.30. The van der Waals surface area contributed by atoms with Gasteiger partial charge < -0.3 is 10.4 Å². The summed E-state index contributed by atoms with van der Waals surface area (Å²) in [6.07, 6.45) is -14.6. The van der Waals surface area contributed by atoms with Crippen molar-refractivity contribution in [1.29, 1.82) is 0 Å². The fraction of sp³-hybridized carbons (Fsp3) is 0.636. The number of allylic oxidation sites excluding steroid dienone is 1. The number of carboxylic acid groups (broad SMARTS) is 1. The van der Waals surface area contributed by atoms with Crippen molar-refractivity contribution < 1.29 is 53.8 Å². The van der Waals surface area contributed by atoms with Gasteiger partial charge in [0.2, 0.25) is 5.66 Å². The van der Waals surface area contributed by atoms with Crippen LogP contribution in [0, 0.1) is 0 Å². The fourth-order valence-electron chi connectivity index (χ4n) is 1.89. The number of carbonyl (C=O) groups is 1. The number of hydrogen-bond acceptors (Lipinski definition) is 3. The van der Waals surface area contributed by atoms with Crippen LogP contribution in [0.25, 0.3) is 0 Å². The summed E-state index contributed by atoms with van der Waals surface area (Å²) in [7, 11) is 0. The molecule has 1 atom stereocenters. The summed E-state index contributed by atoms with van der Waals surface area (Å²) in [5.74, 6) is -14.4. The minimum Gasteiger partial charge on any atom is -0.478 e. The van der Waals surface area contributed by atoms with Crippen LogP contribution in [0.4, 0.5) is 43.9 Å². The summed E-state index contributed by atoms with van der Waals surface area (Å²) in [5.41, 5.74) is -8.54. The lowest BCUT2D eigenvalue weighted by Crippen LogP contribution is -2.66. The Balaban J connectivity index is 3.65. The second-order valence-corrected chi connectivity index (χ2v) is 4.84. The molecular formula is C11H8F10N2O2. The van der Waals surface area contributed by atoms with Gasteiger partial charge in [0.1, 0.15) is 11.3 Å². The molecule has 0 fully saturated rings. The molecule has 144 valence electrons. The minimum absolute atomic E-state index is 0.378. The van der Waals surface area contributed by atoms with Crippen LogP contribution in [-0.4, -0.2) is 47.2 Å².